The predicted octanol–water partition coefficient (Wildman–Crippen LogP) is 3.40. The van der Waals surface area contributed by atoms with Crippen LogP contribution in [0.25, 0.3) is 0 Å². The number of fused-ring (bicyclic) bond motifs is 2. The first-order chi connectivity index (χ1) is 12.2. The number of ether oxygens (including phenoxy) is 2. The highest BCUT2D eigenvalue weighted by Gasteiger charge is 2.36. The van der Waals surface area contributed by atoms with Crippen molar-refractivity contribution < 1.29 is 24.2 Å². The fourth-order valence-corrected chi connectivity index (χ4v) is 3.72. The Bertz CT molecular complexity index is 445. The quantitative estimate of drug-likeness (QED) is 0.312. The van der Waals surface area contributed by atoms with Crippen LogP contribution in [0.3, 0.4) is 0 Å². The van der Waals surface area contributed by atoms with Gasteiger partial charge in [-0.05, 0) is 62.7 Å². The Labute approximate surface area is 150 Å². The van der Waals surface area contributed by atoms with Gasteiger partial charge in [0.05, 0.1) is 13.2 Å². The van der Waals surface area contributed by atoms with Gasteiger partial charge in [-0.25, -0.2) is 0 Å². The number of carbonyl (C=O) groups excluding carboxylic acids is 2. The molecule has 0 aromatic carbocycles. The molecule has 1 saturated carbocycles. The first-order valence-corrected chi connectivity index (χ1v) is 9.79. The van der Waals surface area contributed by atoms with Gasteiger partial charge in [-0.3, -0.25) is 9.59 Å². The smallest absolute Gasteiger partial charge is 0.305 e. The minimum absolute atomic E-state index is 0.104. The number of aliphatic hydroxyl groups is 1. The molecule has 1 fully saturated rings. The van der Waals surface area contributed by atoms with Crippen LogP contribution in [0.2, 0.25) is 0 Å². The molecule has 3 unspecified atom stereocenters. The molecule has 2 rings (SSSR count). The SMILES string of the molecule is O=C(CCCCCO)OCCCCCC(=O)OCC1CC2C=CC1C2. The second-order valence-corrected chi connectivity index (χ2v) is 7.29. The standard InChI is InChI=1S/C20H32O5/c21-11-5-1-3-7-19(22)24-12-6-2-4-8-20(23)25-15-18-14-16-9-10-17(18)13-16/h9-10,16-18,21H,1-8,11-15H2. The second-order valence-electron chi connectivity index (χ2n) is 7.29. The van der Waals surface area contributed by atoms with Crippen LogP contribution >= 0.6 is 0 Å². The zero-order valence-electron chi connectivity index (χ0n) is 15.2. The number of esters is 2. The van der Waals surface area contributed by atoms with Gasteiger partial charge in [-0.15, -0.1) is 0 Å². The topological polar surface area (TPSA) is 72.8 Å². The summed E-state index contributed by atoms with van der Waals surface area (Å²) in [6.07, 6.45) is 12.6. The van der Waals surface area contributed by atoms with Gasteiger partial charge < -0.3 is 14.6 Å². The number of unbranched alkanes of at least 4 members (excludes halogenated alkanes) is 4. The molecule has 3 atom stereocenters. The van der Waals surface area contributed by atoms with Crippen LogP contribution in [0.4, 0.5) is 0 Å². The fraction of sp³-hybridized carbons (Fsp3) is 0.800. The van der Waals surface area contributed by atoms with Crippen LogP contribution in [0.1, 0.15) is 64.2 Å². The molecule has 2 aliphatic carbocycles. The van der Waals surface area contributed by atoms with Crippen LogP contribution in [-0.4, -0.2) is 36.9 Å². The summed E-state index contributed by atoms with van der Waals surface area (Å²) in [5.41, 5.74) is 0. The summed E-state index contributed by atoms with van der Waals surface area (Å²) < 4.78 is 10.6. The van der Waals surface area contributed by atoms with Crippen molar-refractivity contribution in [2.75, 3.05) is 19.8 Å². The van der Waals surface area contributed by atoms with Crippen molar-refractivity contribution in [3.05, 3.63) is 12.2 Å². The summed E-state index contributed by atoms with van der Waals surface area (Å²) >= 11 is 0. The lowest BCUT2D eigenvalue weighted by atomic mass is 9.95. The normalized spacial score (nSPS) is 23.8. The number of allylic oxidation sites excluding steroid dienone is 2. The Hall–Kier alpha value is -1.36. The molecule has 5 nitrogen and oxygen atoms in total. The molecule has 0 radical (unpaired) electrons. The molecule has 0 aliphatic heterocycles. The molecule has 0 aromatic rings. The summed E-state index contributed by atoms with van der Waals surface area (Å²) in [5, 5.41) is 8.66. The van der Waals surface area contributed by atoms with Crippen LogP contribution < -0.4 is 0 Å². The first-order valence-electron chi connectivity index (χ1n) is 9.79. The molecule has 25 heavy (non-hydrogen) atoms. The highest BCUT2D eigenvalue weighted by molar-refractivity contribution is 5.69. The highest BCUT2D eigenvalue weighted by atomic mass is 16.5. The van der Waals surface area contributed by atoms with Gasteiger partial charge >= 0.3 is 11.9 Å². The molecule has 0 heterocycles. The Kier molecular flexibility index (Phi) is 9.02. The molecule has 142 valence electrons. The van der Waals surface area contributed by atoms with E-state index in [4.69, 9.17) is 14.6 Å². The number of hydrogen-bond acceptors (Lipinski definition) is 5. The maximum Gasteiger partial charge on any atom is 0.305 e. The van der Waals surface area contributed by atoms with Crippen LogP contribution in [-0.2, 0) is 19.1 Å². The zero-order valence-corrected chi connectivity index (χ0v) is 15.2. The predicted molar refractivity (Wildman–Crippen MR) is 94.8 cm³/mol. The summed E-state index contributed by atoms with van der Waals surface area (Å²) in [6, 6.07) is 0. The minimum Gasteiger partial charge on any atom is -0.466 e. The fourth-order valence-electron chi connectivity index (χ4n) is 3.72. The minimum atomic E-state index is -0.169. The van der Waals surface area contributed by atoms with E-state index in [1.54, 1.807) is 0 Å². The third-order valence-corrected chi connectivity index (χ3v) is 5.20. The van der Waals surface area contributed by atoms with E-state index in [1.807, 2.05) is 0 Å². The van der Waals surface area contributed by atoms with E-state index >= 15 is 0 Å². The lowest BCUT2D eigenvalue weighted by molar-refractivity contribution is -0.146. The maximum absolute atomic E-state index is 11.8. The zero-order chi connectivity index (χ0) is 17.9. The molecular weight excluding hydrogens is 320 g/mol. The van der Waals surface area contributed by atoms with Crippen LogP contribution in [0.5, 0.6) is 0 Å². The third kappa shape index (κ3) is 7.59. The van der Waals surface area contributed by atoms with Crippen molar-refractivity contribution in [2.45, 2.75) is 64.2 Å². The molecule has 2 aliphatic rings. The molecule has 0 saturated heterocycles. The van der Waals surface area contributed by atoms with Gasteiger partial charge in [-0.2, -0.15) is 0 Å². The Morgan fingerprint density at radius 2 is 1.60 bits per heavy atom. The van der Waals surface area contributed by atoms with E-state index in [2.05, 4.69) is 12.2 Å². The first kappa shape index (κ1) is 20.0. The maximum atomic E-state index is 11.8. The van der Waals surface area contributed by atoms with Crippen LogP contribution in [0.15, 0.2) is 12.2 Å². The van der Waals surface area contributed by atoms with Crippen LogP contribution in [0, 0.1) is 17.8 Å². The number of carbonyl (C=O) groups is 2. The van der Waals surface area contributed by atoms with Gasteiger partial charge in [0.15, 0.2) is 0 Å². The van der Waals surface area contributed by atoms with Gasteiger partial charge in [0, 0.05) is 19.4 Å². The lowest BCUT2D eigenvalue weighted by Crippen LogP contribution is -2.17. The van der Waals surface area contributed by atoms with E-state index in [9.17, 15) is 9.59 Å². The van der Waals surface area contributed by atoms with E-state index in [1.165, 1.54) is 12.8 Å². The van der Waals surface area contributed by atoms with Crippen molar-refractivity contribution in [1.29, 1.82) is 0 Å². The molecule has 2 bridgehead atoms. The molecule has 1 N–H and O–H groups in total. The largest absolute Gasteiger partial charge is 0.466 e. The van der Waals surface area contributed by atoms with Gasteiger partial charge in [0.1, 0.15) is 0 Å². The number of hydrogen-bond donors (Lipinski definition) is 1. The molecule has 0 spiro atoms. The van der Waals surface area contributed by atoms with Crippen molar-refractivity contribution >= 4 is 11.9 Å². The van der Waals surface area contributed by atoms with E-state index < -0.39 is 0 Å². The Morgan fingerprint density at radius 1 is 0.880 bits per heavy atom. The third-order valence-electron chi connectivity index (χ3n) is 5.20. The van der Waals surface area contributed by atoms with Crippen molar-refractivity contribution in [3.8, 4) is 0 Å². The van der Waals surface area contributed by atoms with Gasteiger partial charge in [0.2, 0.25) is 0 Å². The molecular formula is C20H32O5. The Morgan fingerprint density at radius 3 is 2.24 bits per heavy atom. The number of aliphatic hydroxyl groups excluding tert-OH is 1. The second kappa shape index (κ2) is 11.3. The van der Waals surface area contributed by atoms with Crippen molar-refractivity contribution in [2.24, 2.45) is 17.8 Å². The average molecular weight is 352 g/mol. The van der Waals surface area contributed by atoms with Crippen molar-refractivity contribution in [1.82, 2.24) is 0 Å². The van der Waals surface area contributed by atoms with E-state index in [-0.39, 0.29) is 18.5 Å². The Balaban J connectivity index is 1.38. The highest BCUT2D eigenvalue weighted by Crippen LogP contribution is 2.43. The van der Waals surface area contributed by atoms with E-state index in [0.29, 0.717) is 43.8 Å². The summed E-state index contributed by atoms with van der Waals surface area (Å²) in [6.45, 7) is 1.17. The van der Waals surface area contributed by atoms with E-state index in [0.717, 1.165) is 38.5 Å². The molecule has 5 heteroatoms. The average Bonchev–Trinajstić information content (AvgIpc) is 3.23. The van der Waals surface area contributed by atoms with Gasteiger partial charge in [0.25, 0.3) is 0 Å². The van der Waals surface area contributed by atoms with Crippen molar-refractivity contribution in [3.63, 3.8) is 0 Å². The monoisotopic (exact) mass is 352 g/mol. The summed E-state index contributed by atoms with van der Waals surface area (Å²) in [7, 11) is 0. The number of rotatable bonds is 13. The summed E-state index contributed by atoms with van der Waals surface area (Å²) in [4.78, 5) is 23.2. The summed E-state index contributed by atoms with van der Waals surface area (Å²) in [5.74, 6) is 1.59. The molecule has 0 amide bonds. The van der Waals surface area contributed by atoms with Gasteiger partial charge in [-0.1, -0.05) is 18.6 Å². The lowest BCUT2D eigenvalue weighted by Gasteiger charge is -2.17. The molecule has 0 aromatic heterocycles.